The van der Waals surface area contributed by atoms with Crippen molar-refractivity contribution in [1.29, 1.82) is 0 Å². The molecule has 0 spiro atoms. The molecule has 0 bridgehead atoms. The number of amides is 1. The summed E-state index contributed by atoms with van der Waals surface area (Å²) in [5, 5.41) is 13.4. The lowest BCUT2D eigenvalue weighted by Crippen LogP contribution is -2.45. The zero-order chi connectivity index (χ0) is 33.3. The third kappa shape index (κ3) is 30.4. The van der Waals surface area contributed by atoms with Crippen LogP contribution in [0.3, 0.4) is 0 Å². The van der Waals surface area contributed by atoms with Gasteiger partial charge in [-0.2, -0.15) is 0 Å². The first kappa shape index (κ1) is 42.9. The van der Waals surface area contributed by atoms with Crippen molar-refractivity contribution >= 4 is 13.7 Å². The van der Waals surface area contributed by atoms with E-state index in [4.69, 9.17) is 14.8 Å². The van der Waals surface area contributed by atoms with Gasteiger partial charge in [0.2, 0.25) is 5.91 Å². The number of allylic oxidation sites excluding steroid dienone is 11. The zero-order valence-corrected chi connectivity index (χ0v) is 29.0. The molecule has 3 unspecified atom stereocenters. The monoisotopic (exact) mass is 650 g/mol. The molecule has 3 atom stereocenters. The van der Waals surface area contributed by atoms with Crippen molar-refractivity contribution in [2.75, 3.05) is 19.8 Å². The van der Waals surface area contributed by atoms with Gasteiger partial charge in [0.05, 0.1) is 25.4 Å². The Kier molecular flexibility index (Phi) is 30.4. The molecule has 0 aliphatic heterocycles. The molecule has 0 radical (unpaired) electrons. The molecular formula is C36H63N2O6P. The Morgan fingerprint density at radius 3 is 1.96 bits per heavy atom. The fraction of sp³-hybridized carbons (Fsp3) is 0.639. The Balaban J connectivity index is 4.28. The van der Waals surface area contributed by atoms with Crippen molar-refractivity contribution in [2.24, 2.45) is 5.73 Å². The van der Waals surface area contributed by atoms with Crippen LogP contribution in [0.2, 0.25) is 0 Å². The first-order chi connectivity index (χ1) is 21.9. The van der Waals surface area contributed by atoms with Gasteiger partial charge in [-0.05, 0) is 64.2 Å². The minimum absolute atomic E-state index is 0.0669. The Labute approximate surface area is 274 Å². The molecular weight excluding hydrogens is 587 g/mol. The molecule has 1 amide bonds. The maximum Gasteiger partial charge on any atom is 0.472 e. The standard InChI is InChI=1S/C36H63N2O6P/c1-3-5-7-9-11-12-13-14-15-16-17-18-19-20-21-22-24-26-28-30-36(40)38-34(33-44-45(41,42)43-32-31-37)35(39)29-27-25-23-10-8-6-4-2/h5,7-8,10-12,14-15,17-18,27,29,34-35,39H,3-4,6,9,13,16,19-26,28,30-33,37H2,1-2H3,(H,38,40)(H,41,42)/b7-5-,10-8+,12-11-,15-14-,18-17-,29-27+. The van der Waals surface area contributed by atoms with Gasteiger partial charge in [0.15, 0.2) is 0 Å². The minimum atomic E-state index is -4.34. The molecule has 0 heterocycles. The van der Waals surface area contributed by atoms with Gasteiger partial charge in [-0.25, -0.2) is 4.57 Å². The van der Waals surface area contributed by atoms with E-state index >= 15 is 0 Å². The van der Waals surface area contributed by atoms with E-state index in [9.17, 15) is 19.4 Å². The highest BCUT2D eigenvalue weighted by atomic mass is 31.2. The molecule has 0 fully saturated rings. The molecule has 5 N–H and O–H groups in total. The van der Waals surface area contributed by atoms with Crippen molar-refractivity contribution < 1.29 is 28.4 Å². The number of phosphoric acid groups is 1. The van der Waals surface area contributed by atoms with Crippen LogP contribution in [-0.2, 0) is 18.4 Å². The maximum atomic E-state index is 12.6. The second-order valence-corrected chi connectivity index (χ2v) is 12.4. The van der Waals surface area contributed by atoms with Crippen LogP contribution in [0.25, 0.3) is 0 Å². The van der Waals surface area contributed by atoms with E-state index in [0.29, 0.717) is 6.42 Å². The van der Waals surface area contributed by atoms with Gasteiger partial charge in [0, 0.05) is 13.0 Å². The van der Waals surface area contributed by atoms with Crippen LogP contribution in [0.1, 0.15) is 117 Å². The second-order valence-electron chi connectivity index (χ2n) is 11.0. The summed E-state index contributed by atoms with van der Waals surface area (Å²) in [6.07, 6.45) is 39.7. The number of hydrogen-bond acceptors (Lipinski definition) is 6. The summed E-state index contributed by atoms with van der Waals surface area (Å²) in [5.41, 5.74) is 5.32. The van der Waals surface area contributed by atoms with Gasteiger partial charge in [-0.1, -0.05) is 119 Å². The third-order valence-electron chi connectivity index (χ3n) is 6.75. The quantitative estimate of drug-likeness (QED) is 0.0348. The molecule has 9 heteroatoms. The highest BCUT2D eigenvalue weighted by Crippen LogP contribution is 2.43. The number of hydrogen-bond donors (Lipinski definition) is 4. The summed E-state index contributed by atoms with van der Waals surface area (Å²) in [5.74, 6) is -0.228. The van der Waals surface area contributed by atoms with Gasteiger partial charge in [-0.3, -0.25) is 13.8 Å². The predicted octanol–water partition coefficient (Wildman–Crippen LogP) is 8.54. The molecule has 0 aromatic rings. The lowest BCUT2D eigenvalue weighted by molar-refractivity contribution is -0.123. The van der Waals surface area contributed by atoms with Crippen molar-refractivity contribution in [2.45, 2.75) is 129 Å². The Bertz CT molecular complexity index is 929. The smallest absolute Gasteiger partial charge is 0.387 e. The molecule has 0 aromatic carbocycles. The van der Waals surface area contributed by atoms with Gasteiger partial charge < -0.3 is 21.1 Å². The van der Waals surface area contributed by atoms with Crippen molar-refractivity contribution in [3.8, 4) is 0 Å². The lowest BCUT2D eigenvalue weighted by Gasteiger charge is -2.23. The predicted molar refractivity (Wildman–Crippen MR) is 189 cm³/mol. The van der Waals surface area contributed by atoms with E-state index in [1.807, 2.05) is 6.08 Å². The average molecular weight is 651 g/mol. The molecule has 0 aliphatic carbocycles. The molecule has 0 rings (SSSR count). The van der Waals surface area contributed by atoms with Crippen molar-refractivity contribution in [3.05, 3.63) is 72.9 Å². The van der Waals surface area contributed by atoms with Crippen LogP contribution >= 0.6 is 7.82 Å². The van der Waals surface area contributed by atoms with Crippen LogP contribution in [0, 0.1) is 0 Å². The third-order valence-corrected chi connectivity index (χ3v) is 7.73. The van der Waals surface area contributed by atoms with Crippen LogP contribution in [-0.4, -0.2) is 47.8 Å². The SMILES string of the molecule is CC/C=C\C/C=C\C/C=C\C/C=C\CCCCCCCCC(=O)NC(COP(=O)(O)OCCN)C(O)/C=C/CC/C=C/CCC. The normalized spacial score (nSPS) is 15.4. The largest absolute Gasteiger partial charge is 0.472 e. The zero-order valence-electron chi connectivity index (χ0n) is 28.1. The average Bonchev–Trinajstić information content (AvgIpc) is 3.02. The topological polar surface area (TPSA) is 131 Å². The summed E-state index contributed by atoms with van der Waals surface area (Å²) in [4.78, 5) is 22.4. The highest BCUT2D eigenvalue weighted by molar-refractivity contribution is 7.47. The number of nitrogens with two attached hydrogens (primary N) is 1. The molecule has 45 heavy (non-hydrogen) atoms. The first-order valence-corrected chi connectivity index (χ1v) is 18.6. The molecule has 258 valence electrons. The summed E-state index contributed by atoms with van der Waals surface area (Å²) in [6, 6.07) is -0.885. The van der Waals surface area contributed by atoms with E-state index in [0.717, 1.165) is 83.5 Å². The summed E-state index contributed by atoms with van der Waals surface area (Å²) >= 11 is 0. The summed E-state index contributed by atoms with van der Waals surface area (Å²) < 4.78 is 21.9. The summed E-state index contributed by atoms with van der Waals surface area (Å²) in [6.45, 7) is 3.83. The van der Waals surface area contributed by atoms with Crippen LogP contribution in [0.4, 0.5) is 0 Å². The Hall–Kier alpha value is -2.06. The number of aliphatic hydroxyl groups excluding tert-OH is 1. The molecule has 0 aromatic heterocycles. The van der Waals surface area contributed by atoms with Gasteiger partial charge in [0.1, 0.15) is 0 Å². The van der Waals surface area contributed by atoms with Gasteiger partial charge >= 0.3 is 7.82 Å². The Morgan fingerprint density at radius 1 is 0.756 bits per heavy atom. The van der Waals surface area contributed by atoms with Gasteiger partial charge in [-0.15, -0.1) is 0 Å². The number of aliphatic hydroxyl groups is 1. The maximum absolute atomic E-state index is 12.6. The fourth-order valence-electron chi connectivity index (χ4n) is 4.20. The van der Waals surface area contributed by atoms with E-state index in [2.05, 4.69) is 79.9 Å². The lowest BCUT2D eigenvalue weighted by atomic mass is 10.1. The minimum Gasteiger partial charge on any atom is -0.387 e. The van der Waals surface area contributed by atoms with E-state index in [1.165, 1.54) is 12.8 Å². The van der Waals surface area contributed by atoms with Crippen LogP contribution in [0.5, 0.6) is 0 Å². The first-order valence-electron chi connectivity index (χ1n) is 17.1. The Morgan fingerprint density at radius 2 is 1.31 bits per heavy atom. The second kappa shape index (κ2) is 31.9. The summed E-state index contributed by atoms with van der Waals surface area (Å²) in [7, 11) is -4.34. The van der Waals surface area contributed by atoms with Crippen LogP contribution in [0.15, 0.2) is 72.9 Å². The number of rotatable bonds is 30. The number of phosphoric ester groups is 1. The fourth-order valence-corrected chi connectivity index (χ4v) is 4.96. The van der Waals surface area contributed by atoms with Gasteiger partial charge in [0.25, 0.3) is 0 Å². The van der Waals surface area contributed by atoms with E-state index in [-0.39, 0.29) is 25.7 Å². The molecule has 8 nitrogen and oxygen atoms in total. The highest BCUT2D eigenvalue weighted by Gasteiger charge is 2.26. The number of carbonyl (C=O) groups excluding carboxylic acids is 1. The molecule has 0 saturated carbocycles. The van der Waals surface area contributed by atoms with Crippen molar-refractivity contribution in [3.63, 3.8) is 0 Å². The van der Waals surface area contributed by atoms with E-state index in [1.54, 1.807) is 6.08 Å². The molecule has 0 aliphatic rings. The van der Waals surface area contributed by atoms with Crippen LogP contribution < -0.4 is 11.1 Å². The molecule has 0 saturated heterocycles. The number of nitrogens with one attached hydrogen (secondary N) is 1. The number of carbonyl (C=O) groups is 1. The van der Waals surface area contributed by atoms with Crippen molar-refractivity contribution in [1.82, 2.24) is 5.32 Å². The van der Waals surface area contributed by atoms with E-state index < -0.39 is 20.0 Å². The number of unbranched alkanes of at least 4 members (excludes halogenated alkanes) is 8.